The molecule has 1 aromatic carbocycles. The third-order valence-corrected chi connectivity index (χ3v) is 6.90. The van der Waals surface area contributed by atoms with Crippen molar-refractivity contribution in [3.63, 3.8) is 0 Å². The summed E-state index contributed by atoms with van der Waals surface area (Å²) in [6, 6.07) is 4.93. The molecular formula is C18H23NO2. The van der Waals surface area contributed by atoms with E-state index < -0.39 is 0 Å². The van der Waals surface area contributed by atoms with E-state index in [4.69, 9.17) is 0 Å². The minimum atomic E-state index is 0.130. The van der Waals surface area contributed by atoms with Crippen molar-refractivity contribution in [2.75, 3.05) is 0 Å². The molecule has 3 nitrogen and oxygen atoms in total. The molecule has 5 unspecified atom stereocenters. The predicted octanol–water partition coefficient (Wildman–Crippen LogP) is 3.16. The van der Waals surface area contributed by atoms with E-state index in [1.807, 2.05) is 6.07 Å². The normalized spacial score (nSPS) is 45.6. The van der Waals surface area contributed by atoms with Gasteiger partial charge in [0, 0.05) is 23.7 Å². The third kappa shape index (κ3) is 1.70. The Morgan fingerprint density at radius 3 is 2.86 bits per heavy atom. The average molecular weight is 285 g/mol. The Labute approximate surface area is 125 Å². The first-order valence-electron chi connectivity index (χ1n) is 8.34. The van der Waals surface area contributed by atoms with E-state index in [0.717, 1.165) is 23.3 Å². The van der Waals surface area contributed by atoms with Gasteiger partial charge in [-0.05, 0) is 67.8 Å². The molecule has 0 aliphatic heterocycles. The number of hydrogen-bond donors (Lipinski definition) is 3. The maximum absolute atomic E-state index is 9.96. The van der Waals surface area contributed by atoms with Crippen molar-refractivity contribution in [1.82, 2.24) is 5.32 Å². The fourth-order valence-corrected chi connectivity index (χ4v) is 6.33. The van der Waals surface area contributed by atoms with Crippen LogP contribution in [0.4, 0.5) is 0 Å². The Kier molecular flexibility index (Phi) is 2.20. The first-order chi connectivity index (χ1) is 10.1. The molecule has 0 saturated heterocycles. The summed E-state index contributed by atoms with van der Waals surface area (Å²) in [5.74, 6) is 3.29. The zero-order valence-corrected chi connectivity index (χ0v) is 12.3. The lowest BCUT2D eigenvalue weighted by molar-refractivity contribution is -0.0277. The highest BCUT2D eigenvalue weighted by atomic mass is 16.3. The molecular weight excluding hydrogens is 262 g/mol. The van der Waals surface area contributed by atoms with Gasteiger partial charge in [-0.15, -0.1) is 0 Å². The molecule has 1 aromatic rings. The standard InChI is InChI=1S/C18H23NO2/c20-14-2-1-12(16(21)4-14)9-19-18-6-11-3-13(7-18)15-8-17(15,5-11)10-18/h1-2,4,11,13,15,19-21H,3,5-10H2. The molecule has 0 heterocycles. The van der Waals surface area contributed by atoms with Gasteiger partial charge in [0.25, 0.3) is 0 Å². The highest BCUT2D eigenvalue weighted by Crippen LogP contribution is 2.76. The topological polar surface area (TPSA) is 52.5 Å². The van der Waals surface area contributed by atoms with Crippen LogP contribution in [-0.2, 0) is 6.54 Å². The van der Waals surface area contributed by atoms with Gasteiger partial charge >= 0.3 is 0 Å². The van der Waals surface area contributed by atoms with Crippen LogP contribution in [0.15, 0.2) is 18.2 Å². The summed E-state index contributed by atoms with van der Waals surface area (Å²) in [7, 11) is 0. The summed E-state index contributed by atoms with van der Waals surface area (Å²) in [6.07, 6.45) is 8.48. The Morgan fingerprint density at radius 1 is 1.14 bits per heavy atom. The summed E-state index contributed by atoms with van der Waals surface area (Å²) < 4.78 is 0. The molecule has 5 saturated carbocycles. The quantitative estimate of drug-likeness (QED) is 0.799. The summed E-state index contributed by atoms with van der Waals surface area (Å²) in [6.45, 7) is 0.715. The molecule has 5 aliphatic carbocycles. The lowest BCUT2D eigenvalue weighted by Gasteiger charge is -2.57. The van der Waals surface area contributed by atoms with Crippen LogP contribution in [0.1, 0.15) is 44.1 Å². The molecule has 21 heavy (non-hydrogen) atoms. The van der Waals surface area contributed by atoms with E-state index in [0.29, 0.717) is 17.5 Å². The number of phenolic OH excluding ortho intramolecular Hbond substituents is 2. The van der Waals surface area contributed by atoms with Gasteiger partial charge in [-0.3, -0.25) is 0 Å². The van der Waals surface area contributed by atoms with Gasteiger partial charge in [0.15, 0.2) is 0 Å². The molecule has 5 fully saturated rings. The lowest BCUT2D eigenvalue weighted by Crippen LogP contribution is -2.58. The van der Waals surface area contributed by atoms with Gasteiger partial charge in [-0.2, -0.15) is 0 Å². The molecule has 3 heteroatoms. The number of benzene rings is 1. The van der Waals surface area contributed by atoms with Crippen molar-refractivity contribution in [3.05, 3.63) is 23.8 Å². The van der Waals surface area contributed by atoms with Crippen LogP contribution >= 0.6 is 0 Å². The highest BCUT2D eigenvalue weighted by molar-refractivity contribution is 5.39. The van der Waals surface area contributed by atoms with Crippen LogP contribution in [-0.4, -0.2) is 15.8 Å². The highest BCUT2D eigenvalue weighted by Gasteiger charge is 2.70. The van der Waals surface area contributed by atoms with Crippen LogP contribution in [0.5, 0.6) is 11.5 Å². The van der Waals surface area contributed by atoms with Crippen molar-refractivity contribution in [2.45, 2.75) is 50.6 Å². The third-order valence-electron chi connectivity index (χ3n) is 6.90. The fraction of sp³-hybridized carbons (Fsp3) is 0.667. The van der Waals surface area contributed by atoms with Crippen molar-refractivity contribution in [2.24, 2.45) is 23.2 Å². The molecule has 1 spiro atoms. The van der Waals surface area contributed by atoms with Gasteiger partial charge in [-0.1, -0.05) is 6.07 Å². The zero-order chi connectivity index (χ0) is 14.2. The van der Waals surface area contributed by atoms with Crippen LogP contribution < -0.4 is 5.32 Å². The van der Waals surface area contributed by atoms with Crippen LogP contribution in [0.3, 0.4) is 0 Å². The summed E-state index contributed by atoms with van der Waals surface area (Å²) in [5.41, 5.74) is 1.92. The van der Waals surface area contributed by atoms with Crippen LogP contribution in [0.2, 0.25) is 0 Å². The molecule has 3 N–H and O–H groups in total. The van der Waals surface area contributed by atoms with E-state index in [2.05, 4.69) is 5.32 Å². The molecule has 112 valence electrons. The van der Waals surface area contributed by atoms with E-state index in [1.165, 1.54) is 44.6 Å². The van der Waals surface area contributed by atoms with Gasteiger partial charge in [0.2, 0.25) is 0 Å². The summed E-state index contributed by atoms with van der Waals surface area (Å²) in [4.78, 5) is 0. The molecule has 5 atom stereocenters. The fourth-order valence-electron chi connectivity index (χ4n) is 6.33. The van der Waals surface area contributed by atoms with E-state index >= 15 is 0 Å². The number of nitrogens with one attached hydrogen (secondary N) is 1. The van der Waals surface area contributed by atoms with Crippen molar-refractivity contribution >= 4 is 0 Å². The molecule has 0 aromatic heterocycles. The van der Waals surface area contributed by atoms with Crippen LogP contribution in [0, 0.1) is 23.2 Å². The Morgan fingerprint density at radius 2 is 2.05 bits per heavy atom. The first-order valence-corrected chi connectivity index (χ1v) is 8.34. The second-order valence-electron chi connectivity index (χ2n) is 8.27. The largest absolute Gasteiger partial charge is 0.508 e. The van der Waals surface area contributed by atoms with E-state index in [1.54, 1.807) is 6.07 Å². The molecule has 6 rings (SSSR count). The molecule has 4 bridgehead atoms. The van der Waals surface area contributed by atoms with Gasteiger partial charge < -0.3 is 15.5 Å². The van der Waals surface area contributed by atoms with E-state index in [9.17, 15) is 10.2 Å². The summed E-state index contributed by atoms with van der Waals surface area (Å²) >= 11 is 0. The van der Waals surface area contributed by atoms with E-state index in [-0.39, 0.29) is 11.5 Å². The van der Waals surface area contributed by atoms with Crippen LogP contribution in [0.25, 0.3) is 0 Å². The van der Waals surface area contributed by atoms with Crippen molar-refractivity contribution in [1.29, 1.82) is 0 Å². The van der Waals surface area contributed by atoms with Gasteiger partial charge in [-0.25, -0.2) is 0 Å². The Hall–Kier alpha value is -1.22. The molecule has 0 radical (unpaired) electrons. The monoisotopic (exact) mass is 285 g/mol. The Bertz CT molecular complexity index is 615. The predicted molar refractivity (Wildman–Crippen MR) is 79.9 cm³/mol. The average Bonchev–Trinajstić information content (AvgIpc) is 3.11. The zero-order valence-electron chi connectivity index (χ0n) is 12.3. The minimum absolute atomic E-state index is 0.130. The number of aromatic hydroxyl groups is 2. The lowest BCUT2D eigenvalue weighted by atomic mass is 9.52. The molecule has 0 amide bonds. The van der Waals surface area contributed by atoms with Crippen molar-refractivity contribution in [3.8, 4) is 11.5 Å². The number of rotatable bonds is 3. The minimum Gasteiger partial charge on any atom is -0.508 e. The second kappa shape index (κ2) is 3.75. The maximum Gasteiger partial charge on any atom is 0.123 e. The maximum atomic E-state index is 9.96. The Balaban J connectivity index is 1.37. The van der Waals surface area contributed by atoms with Gasteiger partial charge in [0.1, 0.15) is 11.5 Å². The molecule has 5 aliphatic rings. The SMILES string of the molecule is Oc1ccc(CNC23CC4CC(C2)C2CC2(C4)C3)c(O)c1. The first kappa shape index (κ1) is 12.3. The summed E-state index contributed by atoms with van der Waals surface area (Å²) in [5, 5.41) is 23.2. The second-order valence-corrected chi connectivity index (χ2v) is 8.27. The van der Waals surface area contributed by atoms with Crippen molar-refractivity contribution < 1.29 is 10.2 Å². The number of phenols is 2. The van der Waals surface area contributed by atoms with Gasteiger partial charge in [0.05, 0.1) is 0 Å². The number of hydrogen-bond acceptors (Lipinski definition) is 3. The smallest absolute Gasteiger partial charge is 0.123 e.